The monoisotopic (exact) mass is 480 g/mol. The van der Waals surface area contributed by atoms with Gasteiger partial charge in [-0.3, -0.25) is 4.79 Å². The molecule has 1 saturated carbocycles. The minimum absolute atomic E-state index is 0.0681. The second kappa shape index (κ2) is 9.65. The topological polar surface area (TPSA) is 60.3 Å². The van der Waals surface area contributed by atoms with E-state index in [9.17, 15) is 9.59 Å². The van der Waals surface area contributed by atoms with E-state index in [0.717, 1.165) is 33.3 Å². The molecule has 1 aliphatic rings. The van der Waals surface area contributed by atoms with Crippen LogP contribution in [0.25, 0.3) is 10.9 Å². The van der Waals surface area contributed by atoms with Crippen LogP contribution in [0.15, 0.2) is 66.7 Å². The highest BCUT2D eigenvalue weighted by Gasteiger charge is 2.24. The number of hydrogen-bond donors (Lipinski definition) is 1. The van der Waals surface area contributed by atoms with Gasteiger partial charge in [0.25, 0.3) is 5.91 Å². The molecule has 5 heteroatoms. The van der Waals surface area contributed by atoms with Crippen LogP contribution in [0.4, 0.5) is 0 Å². The summed E-state index contributed by atoms with van der Waals surface area (Å²) < 4.78 is 7.10. The molecule has 1 aliphatic carbocycles. The van der Waals surface area contributed by atoms with Crippen LogP contribution in [-0.2, 0) is 11.3 Å². The summed E-state index contributed by atoms with van der Waals surface area (Å²) in [6.45, 7) is 6.85. The van der Waals surface area contributed by atoms with E-state index in [2.05, 4.69) is 48.0 Å². The number of methoxy groups -OCH3 is 1. The lowest BCUT2D eigenvalue weighted by molar-refractivity contribution is 0.0600. The minimum Gasteiger partial charge on any atom is -0.465 e. The summed E-state index contributed by atoms with van der Waals surface area (Å²) in [5.41, 5.74) is 8.07. The Morgan fingerprint density at radius 1 is 1.00 bits per heavy atom. The Morgan fingerprint density at radius 2 is 1.78 bits per heavy atom. The predicted octanol–water partition coefficient (Wildman–Crippen LogP) is 6.46. The second-order valence-corrected chi connectivity index (χ2v) is 9.86. The third-order valence-electron chi connectivity index (χ3n) is 7.40. The molecule has 0 aliphatic heterocycles. The van der Waals surface area contributed by atoms with Gasteiger partial charge in [0.05, 0.1) is 18.7 Å². The highest BCUT2D eigenvalue weighted by atomic mass is 16.5. The quantitative estimate of drug-likeness (QED) is 0.309. The fourth-order valence-corrected chi connectivity index (χ4v) is 4.95. The number of benzene rings is 3. The van der Waals surface area contributed by atoms with Gasteiger partial charge in [-0.25, -0.2) is 4.79 Å². The Morgan fingerprint density at radius 3 is 2.53 bits per heavy atom. The second-order valence-electron chi connectivity index (χ2n) is 9.86. The highest BCUT2D eigenvalue weighted by molar-refractivity contribution is 5.99. The zero-order valence-electron chi connectivity index (χ0n) is 21.3. The van der Waals surface area contributed by atoms with Gasteiger partial charge >= 0.3 is 5.97 Å². The molecule has 0 spiro atoms. The molecular weight excluding hydrogens is 448 g/mol. The number of hydrogen-bond acceptors (Lipinski definition) is 3. The van der Waals surface area contributed by atoms with E-state index in [1.54, 1.807) is 6.07 Å². The lowest BCUT2D eigenvalue weighted by Gasteiger charge is -2.16. The molecule has 0 bridgehead atoms. The van der Waals surface area contributed by atoms with Crippen molar-refractivity contribution in [2.75, 3.05) is 7.11 Å². The molecule has 0 radical (unpaired) electrons. The molecule has 1 aromatic heterocycles. The Kier molecular flexibility index (Phi) is 6.40. The number of aryl methyl sites for hydroxylation is 1. The number of carbonyl (C=O) groups is 2. The Hall–Kier alpha value is -3.86. The van der Waals surface area contributed by atoms with Crippen LogP contribution in [0.1, 0.15) is 80.4 Å². The van der Waals surface area contributed by atoms with Crippen molar-refractivity contribution < 1.29 is 14.3 Å². The molecule has 0 unspecified atom stereocenters. The summed E-state index contributed by atoms with van der Waals surface area (Å²) in [4.78, 5) is 25.1. The summed E-state index contributed by atoms with van der Waals surface area (Å²) in [6, 6.07) is 21.9. The summed E-state index contributed by atoms with van der Waals surface area (Å²) in [5.74, 6) is 0.275. The van der Waals surface area contributed by atoms with Crippen molar-refractivity contribution in [3.8, 4) is 0 Å². The van der Waals surface area contributed by atoms with E-state index in [-0.39, 0.29) is 17.9 Å². The van der Waals surface area contributed by atoms with Crippen LogP contribution in [-0.4, -0.2) is 23.6 Å². The Labute approximate surface area is 212 Å². The molecule has 3 aromatic carbocycles. The van der Waals surface area contributed by atoms with Crippen LogP contribution < -0.4 is 5.32 Å². The normalized spacial score (nSPS) is 14.0. The number of amides is 1. The number of ether oxygens (including phenoxy) is 1. The maximum absolute atomic E-state index is 13.2. The largest absolute Gasteiger partial charge is 0.465 e. The van der Waals surface area contributed by atoms with Crippen LogP contribution in [0.5, 0.6) is 0 Å². The van der Waals surface area contributed by atoms with Crippen molar-refractivity contribution in [1.82, 2.24) is 9.88 Å². The zero-order valence-corrected chi connectivity index (χ0v) is 21.3. The molecule has 4 aromatic rings. The van der Waals surface area contributed by atoms with Crippen LogP contribution in [0, 0.1) is 13.8 Å². The number of nitrogens with zero attached hydrogens (tertiary/aromatic N) is 1. The standard InChI is InChI=1S/C31H32N2O3/c1-19-21(3)33(18-22-7-5-10-27(15-22)31(35)36-4)29-14-13-26(17-28(19)29)30(34)32-20(2)24-8-6-9-25(16-24)23-11-12-23/h5-10,13-17,20,23H,11-12,18H2,1-4H3,(H,32,34)/t20-/m0/s1. The lowest BCUT2D eigenvalue weighted by atomic mass is 10.0. The summed E-state index contributed by atoms with van der Waals surface area (Å²) in [5, 5.41) is 4.24. The van der Waals surface area contributed by atoms with Gasteiger partial charge in [0, 0.05) is 28.7 Å². The molecule has 1 fully saturated rings. The number of rotatable bonds is 7. The summed E-state index contributed by atoms with van der Waals surface area (Å²) >= 11 is 0. The number of nitrogens with one attached hydrogen (secondary N) is 1. The van der Waals surface area contributed by atoms with Crippen LogP contribution >= 0.6 is 0 Å². The van der Waals surface area contributed by atoms with Crippen molar-refractivity contribution in [3.63, 3.8) is 0 Å². The van der Waals surface area contributed by atoms with E-state index in [1.807, 2.05) is 43.3 Å². The molecule has 1 N–H and O–H groups in total. The van der Waals surface area contributed by atoms with Gasteiger partial charge in [0.1, 0.15) is 0 Å². The summed E-state index contributed by atoms with van der Waals surface area (Å²) in [7, 11) is 1.39. The summed E-state index contributed by atoms with van der Waals surface area (Å²) in [6.07, 6.45) is 2.53. The third-order valence-corrected chi connectivity index (χ3v) is 7.40. The van der Waals surface area contributed by atoms with E-state index >= 15 is 0 Å². The van der Waals surface area contributed by atoms with Crippen molar-refractivity contribution in [1.29, 1.82) is 0 Å². The average molecular weight is 481 g/mol. The van der Waals surface area contributed by atoms with Crippen molar-refractivity contribution in [2.24, 2.45) is 0 Å². The number of esters is 1. The smallest absolute Gasteiger partial charge is 0.337 e. The van der Waals surface area contributed by atoms with Crippen molar-refractivity contribution in [2.45, 2.75) is 52.1 Å². The maximum Gasteiger partial charge on any atom is 0.337 e. The van der Waals surface area contributed by atoms with Crippen LogP contribution in [0.3, 0.4) is 0 Å². The van der Waals surface area contributed by atoms with E-state index in [4.69, 9.17) is 4.74 Å². The van der Waals surface area contributed by atoms with E-state index in [0.29, 0.717) is 23.6 Å². The molecule has 1 atom stereocenters. The van der Waals surface area contributed by atoms with Gasteiger partial charge in [-0.15, -0.1) is 0 Å². The minimum atomic E-state index is -0.341. The third kappa shape index (κ3) is 4.66. The molecule has 1 heterocycles. The van der Waals surface area contributed by atoms with Crippen molar-refractivity contribution in [3.05, 3.63) is 106 Å². The van der Waals surface area contributed by atoms with Gasteiger partial charge in [-0.2, -0.15) is 0 Å². The first-order valence-electron chi connectivity index (χ1n) is 12.5. The van der Waals surface area contributed by atoms with Gasteiger partial charge in [-0.1, -0.05) is 36.4 Å². The fourth-order valence-electron chi connectivity index (χ4n) is 4.95. The van der Waals surface area contributed by atoms with Gasteiger partial charge < -0.3 is 14.6 Å². The average Bonchev–Trinajstić information content (AvgIpc) is 3.73. The van der Waals surface area contributed by atoms with E-state index in [1.165, 1.54) is 25.5 Å². The van der Waals surface area contributed by atoms with Gasteiger partial charge in [-0.05, 0) is 92.1 Å². The van der Waals surface area contributed by atoms with Gasteiger partial charge in [0.15, 0.2) is 0 Å². The molecular formula is C31H32N2O3. The highest BCUT2D eigenvalue weighted by Crippen LogP contribution is 2.40. The SMILES string of the molecule is COC(=O)c1cccc(Cn2c(C)c(C)c3cc(C(=O)N[C@@H](C)c4cccc(C5CC5)c4)ccc32)c1. The molecule has 5 rings (SSSR count). The van der Waals surface area contributed by atoms with Crippen LogP contribution in [0.2, 0.25) is 0 Å². The molecule has 5 nitrogen and oxygen atoms in total. The molecule has 0 saturated heterocycles. The Bertz CT molecular complexity index is 1460. The van der Waals surface area contributed by atoms with Gasteiger partial charge in [0.2, 0.25) is 0 Å². The zero-order chi connectivity index (χ0) is 25.4. The molecule has 184 valence electrons. The predicted molar refractivity (Wildman–Crippen MR) is 143 cm³/mol. The number of carbonyl (C=O) groups excluding carboxylic acids is 2. The number of fused-ring (bicyclic) bond motifs is 1. The first kappa shape index (κ1) is 23.9. The number of aromatic nitrogens is 1. The molecule has 1 amide bonds. The maximum atomic E-state index is 13.2. The first-order valence-corrected chi connectivity index (χ1v) is 12.5. The fraction of sp³-hybridized carbons (Fsp3) is 0.290. The first-order chi connectivity index (χ1) is 17.4. The molecule has 36 heavy (non-hydrogen) atoms. The Balaban J connectivity index is 1.38. The van der Waals surface area contributed by atoms with E-state index < -0.39 is 0 Å². The van der Waals surface area contributed by atoms with Crippen molar-refractivity contribution >= 4 is 22.8 Å². The lowest BCUT2D eigenvalue weighted by Crippen LogP contribution is -2.26.